The minimum absolute atomic E-state index is 0.0364. The van der Waals surface area contributed by atoms with E-state index in [-0.39, 0.29) is 12.1 Å². The van der Waals surface area contributed by atoms with Gasteiger partial charge in [0.25, 0.3) is 0 Å². The van der Waals surface area contributed by atoms with Crippen molar-refractivity contribution in [3.8, 4) is 0 Å². The van der Waals surface area contributed by atoms with E-state index in [1.54, 1.807) is 30.3 Å². The van der Waals surface area contributed by atoms with Gasteiger partial charge in [-0.15, -0.1) is 0 Å². The minimum atomic E-state index is -4.36. The Hall–Kier alpha value is -1.76. The van der Waals surface area contributed by atoms with Gasteiger partial charge < -0.3 is 0 Å². The number of piperidine rings is 3. The lowest BCUT2D eigenvalue weighted by molar-refractivity contribution is -0.137. The molecule has 4 aliphatic heterocycles. The molecule has 3 saturated heterocycles. The lowest BCUT2D eigenvalue weighted by Gasteiger charge is -2.46. The second kappa shape index (κ2) is 6.89. The number of benzene rings is 2. The zero-order chi connectivity index (χ0) is 20.3. The molecular formula is C21H18Cl2F3N3. The summed E-state index contributed by atoms with van der Waals surface area (Å²) in [7, 11) is 0. The topological polar surface area (TPSA) is 18.8 Å². The molecule has 2 aromatic carbocycles. The summed E-state index contributed by atoms with van der Waals surface area (Å²) in [4.78, 5) is 2.39. The number of fused-ring (bicyclic) bond motifs is 2. The maximum absolute atomic E-state index is 13.1. The normalized spacial score (nSPS) is 28.4. The average molecular weight is 440 g/mol. The van der Waals surface area contributed by atoms with Crippen molar-refractivity contribution in [3.63, 3.8) is 0 Å². The minimum Gasteiger partial charge on any atom is -0.293 e. The fourth-order valence-electron chi connectivity index (χ4n) is 4.78. The molecule has 2 atom stereocenters. The van der Waals surface area contributed by atoms with Crippen LogP contribution in [0.25, 0.3) is 0 Å². The SMILES string of the molecule is FC(F)(F)c1ccc([C@@H]2[C@@H]3C(=NN2c2cc(Cl)ccc2Cl)C2CCN3CC2)cc1. The van der Waals surface area contributed by atoms with Gasteiger partial charge in [0.15, 0.2) is 0 Å². The molecule has 0 aromatic heterocycles. The van der Waals surface area contributed by atoms with Gasteiger partial charge in [-0.2, -0.15) is 18.3 Å². The van der Waals surface area contributed by atoms with Crippen LogP contribution < -0.4 is 5.01 Å². The van der Waals surface area contributed by atoms with E-state index in [4.69, 9.17) is 28.3 Å². The van der Waals surface area contributed by atoms with Crippen molar-refractivity contribution in [1.29, 1.82) is 0 Å². The van der Waals surface area contributed by atoms with Crippen LogP contribution in [0.2, 0.25) is 10.0 Å². The quantitative estimate of drug-likeness (QED) is 0.569. The Bertz CT molecular complexity index is 966. The zero-order valence-corrected chi connectivity index (χ0v) is 16.8. The molecule has 29 heavy (non-hydrogen) atoms. The highest BCUT2D eigenvalue weighted by atomic mass is 35.5. The Morgan fingerprint density at radius 1 is 0.931 bits per heavy atom. The van der Waals surface area contributed by atoms with Gasteiger partial charge in [-0.05, 0) is 61.8 Å². The maximum atomic E-state index is 13.1. The van der Waals surface area contributed by atoms with Gasteiger partial charge in [-0.3, -0.25) is 9.91 Å². The molecule has 2 bridgehead atoms. The Morgan fingerprint density at radius 3 is 2.28 bits per heavy atom. The molecule has 4 heterocycles. The van der Waals surface area contributed by atoms with Crippen molar-refractivity contribution in [2.45, 2.75) is 31.1 Å². The predicted octanol–water partition coefficient (Wildman–Crippen LogP) is 6.02. The van der Waals surface area contributed by atoms with E-state index in [2.05, 4.69) is 4.90 Å². The lowest BCUT2D eigenvalue weighted by Crippen LogP contribution is -2.56. The van der Waals surface area contributed by atoms with Crippen LogP contribution in [0.1, 0.15) is 30.0 Å². The predicted molar refractivity (Wildman–Crippen MR) is 109 cm³/mol. The summed E-state index contributed by atoms with van der Waals surface area (Å²) in [6, 6.07) is 10.4. The van der Waals surface area contributed by atoms with Crippen LogP contribution in [0, 0.1) is 5.92 Å². The van der Waals surface area contributed by atoms with Gasteiger partial charge in [0.05, 0.1) is 34.1 Å². The summed E-state index contributed by atoms with van der Waals surface area (Å²) < 4.78 is 39.2. The standard InChI is InChI=1S/C21H18Cl2F3N3/c22-15-5-6-16(23)17(11-15)29-19(13-1-3-14(4-2-13)21(24,25)26)20-18(27-29)12-7-9-28(20)10-8-12/h1-6,11-12,19-20H,7-10H2/t19-,20+/m1/s1. The first kappa shape index (κ1) is 19.2. The number of halogens is 5. The number of alkyl halides is 3. The molecule has 0 unspecified atom stereocenters. The molecule has 8 heteroatoms. The smallest absolute Gasteiger partial charge is 0.293 e. The molecule has 4 aliphatic rings. The van der Waals surface area contributed by atoms with Gasteiger partial charge in [-0.1, -0.05) is 35.3 Å². The molecule has 2 aromatic rings. The number of hydrazone groups is 1. The summed E-state index contributed by atoms with van der Waals surface area (Å²) in [6.07, 6.45) is -2.24. The summed E-state index contributed by atoms with van der Waals surface area (Å²) in [5, 5.41) is 7.84. The molecule has 0 saturated carbocycles. The van der Waals surface area contributed by atoms with E-state index < -0.39 is 11.7 Å². The van der Waals surface area contributed by atoms with Crippen LogP contribution in [0.5, 0.6) is 0 Å². The average Bonchev–Trinajstić information content (AvgIpc) is 3.12. The highest BCUT2D eigenvalue weighted by Crippen LogP contribution is 2.47. The van der Waals surface area contributed by atoms with Gasteiger partial charge in [0.2, 0.25) is 0 Å². The highest BCUT2D eigenvalue weighted by molar-refractivity contribution is 6.35. The van der Waals surface area contributed by atoms with E-state index >= 15 is 0 Å². The van der Waals surface area contributed by atoms with Crippen molar-refractivity contribution >= 4 is 34.6 Å². The van der Waals surface area contributed by atoms with Crippen molar-refractivity contribution in [3.05, 3.63) is 63.6 Å². The third kappa shape index (κ3) is 3.22. The molecule has 0 amide bonds. The van der Waals surface area contributed by atoms with Crippen LogP contribution in [0.3, 0.4) is 0 Å². The summed E-state index contributed by atoms with van der Waals surface area (Å²) >= 11 is 12.7. The third-order valence-corrected chi connectivity index (χ3v) is 6.72. The van der Waals surface area contributed by atoms with Crippen molar-refractivity contribution in [2.75, 3.05) is 18.1 Å². The Kier molecular flexibility index (Phi) is 4.57. The first-order valence-electron chi connectivity index (χ1n) is 9.57. The third-order valence-electron chi connectivity index (χ3n) is 6.16. The zero-order valence-electron chi connectivity index (χ0n) is 15.3. The van der Waals surface area contributed by atoms with Crippen LogP contribution in [0.15, 0.2) is 47.6 Å². The molecular weight excluding hydrogens is 422 g/mol. The number of rotatable bonds is 2. The lowest BCUT2D eigenvalue weighted by atomic mass is 9.78. The first-order chi connectivity index (χ1) is 13.8. The van der Waals surface area contributed by atoms with Crippen molar-refractivity contribution in [2.24, 2.45) is 11.0 Å². The Morgan fingerprint density at radius 2 is 1.62 bits per heavy atom. The van der Waals surface area contributed by atoms with E-state index in [9.17, 15) is 13.2 Å². The number of nitrogens with zero attached hydrogens (tertiary/aromatic N) is 3. The monoisotopic (exact) mass is 439 g/mol. The summed E-state index contributed by atoms with van der Waals surface area (Å²) in [5.74, 6) is 0.407. The van der Waals surface area contributed by atoms with Crippen LogP contribution in [-0.2, 0) is 6.18 Å². The molecule has 0 radical (unpaired) electrons. The van der Waals surface area contributed by atoms with Crippen molar-refractivity contribution in [1.82, 2.24) is 4.90 Å². The van der Waals surface area contributed by atoms with Gasteiger partial charge in [-0.25, -0.2) is 0 Å². The summed E-state index contributed by atoms with van der Waals surface area (Å²) in [6.45, 7) is 1.95. The number of anilines is 1. The van der Waals surface area contributed by atoms with E-state index in [0.717, 1.165) is 49.3 Å². The number of hydrogen-bond donors (Lipinski definition) is 0. The van der Waals surface area contributed by atoms with Gasteiger partial charge >= 0.3 is 6.18 Å². The van der Waals surface area contributed by atoms with Crippen LogP contribution in [0.4, 0.5) is 18.9 Å². The van der Waals surface area contributed by atoms with E-state index in [1.165, 1.54) is 0 Å². The fraction of sp³-hybridized carbons (Fsp3) is 0.381. The first-order valence-corrected chi connectivity index (χ1v) is 10.3. The van der Waals surface area contributed by atoms with E-state index in [0.29, 0.717) is 21.7 Å². The van der Waals surface area contributed by atoms with Crippen LogP contribution >= 0.6 is 23.2 Å². The van der Waals surface area contributed by atoms with Crippen LogP contribution in [-0.4, -0.2) is 29.7 Å². The second-order valence-corrected chi connectivity index (χ2v) is 8.63. The maximum Gasteiger partial charge on any atom is 0.416 e. The Balaban J connectivity index is 1.61. The Labute approximate surface area is 176 Å². The largest absolute Gasteiger partial charge is 0.416 e. The number of hydrogen-bond acceptors (Lipinski definition) is 3. The molecule has 0 aliphatic carbocycles. The van der Waals surface area contributed by atoms with E-state index in [1.807, 2.05) is 5.01 Å². The molecule has 3 fully saturated rings. The fourth-order valence-corrected chi connectivity index (χ4v) is 5.15. The highest BCUT2D eigenvalue weighted by Gasteiger charge is 2.50. The molecule has 6 rings (SSSR count). The second-order valence-electron chi connectivity index (χ2n) is 7.78. The van der Waals surface area contributed by atoms with Crippen molar-refractivity contribution < 1.29 is 13.2 Å². The molecule has 3 nitrogen and oxygen atoms in total. The van der Waals surface area contributed by atoms with Gasteiger partial charge in [0.1, 0.15) is 0 Å². The molecule has 152 valence electrons. The molecule has 0 spiro atoms. The molecule has 0 N–H and O–H groups in total. The van der Waals surface area contributed by atoms with Gasteiger partial charge in [0, 0.05) is 10.9 Å². The summed E-state index contributed by atoms with van der Waals surface area (Å²) in [5.41, 5.74) is 1.90.